The zero-order chi connectivity index (χ0) is 12.3. The molecule has 0 aliphatic carbocycles. The van der Waals surface area contributed by atoms with Crippen LogP contribution in [0.15, 0.2) is 0 Å². The lowest BCUT2D eigenvalue weighted by atomic mass is 10.2. The van der Waals surface area contributed by atoms with Gasteiger partial charge in [-0.3, -0.25) is 0 Å². The normalized spacial score (nSPS) is 23.4. The Kier molecular flexibility index (Phi) is 4.18. The molecule has 6 heteroatoms. The summed E-state index contributed by atoms with van der Waals surface area (Å²) >= 11 is 0. The van der Waals surface area contributed by atoms with Gasteiger partial charge in [0.2, 0.25) is 0 Å². The van der Waals surface area contributed by atoms with Crippen LogP contribution in [0.25, 0.3) is 0 Å². The largest absolute Gasteiger partial charge is 0.336 e. The molecule has 0 spiro atoms. The fourth-order valence-electron chi connectivity index (χ4n) is 1.92. The lowest BCUT2D eigenvalue weighted by molar-refractivity contribution is 0.181. The van der Waals surface area contributed by atoms with Crippen LogP contribution in [-0.2, 0) is 9.84 Å². The highest BCUT2D eigenvalue weighted by Gasteiger charge is 2.33. The molecule has 0 radical (unpaired) electrons. The van der Waals surface area contributed by atoms with Gasteiger partial charge in [-0.25, -0.2) is 13.2 Å². The molecule has 0 saturated carbocycles. The Labute approximate surface area is 97.1 Å². The lowest BCUT2D eigenvalue weighted by Crippen LogP contribution is -2.48. The topological polar surface area (TPSA) is 66.5 Å². The van der Waals surface area contributed by atoms with E-state index in [9.17, 15) is 13.2 Å². The number of sulfone groups is 1. The van der Waals surface area contributed by atoms with Crippen molar-refractivity contribution < 1.29 is 13.2 Å². The number of rotatable bonds is 3. The van der Waals surface area contributed by atoms with Crippen LogP contribution >= 0.6 is 0 Å². The Morgan fingerprint density at radius 3 is 2.50 bits per heavy atom. The van der Waals surface area contributed by atoms with Crippen LogP contribution in [0, 0.1) is 0 Å². The highest BCUT2D eigenvalue weighted by molar-refractivity contribution is 7.91. The third-order valence-corrected chi connectivity index (χ3v) is 4.41. The smallest absolute Gasteiger partial charge is 0.317 e. The molecule has 94 valence electrons. The van der Waals surface area contributed by atoms with Crippen LogP contribution in [0.4, 0.5) is 4.79 Å². The van der Waals surface area contributed by atoms with Crippen LogP contribution in [0.5, 0.6) is 0 Å². The van der Waals surface area contributed by atoms with Gasteiger partial charge in [-0.05, 0) is 27.2 Å². The maximum atomic E-state index is 11.8. The average Bonchev–Trinajstić information content (AvgIpc) is 2.46. The van der Waals surface area contributed by atoms with E-state index >= 15 is 0 Å². The molecule has 16 heavy (non-hydrogen) atoms. The molecule has 0 aromatic rings. The van der Waals surface area contributed by atoms with Gasteiger partial charge >= 0.3 is 6.03 Å². The second-order valence-electron chi connectivity index (χ2n) is 4.45. The van der Waals surface area contributed by atoms with Crippen LogP contribution in [0.2, 0.25) is 0 Å². The van der Waals surface area contributed by atoms with Gasteiger partial charge in [0.25, 0.3) is 0 Å². The predicted molar refractivity (Wildman–Crippen MR) is 63.1 cm³/mol. The van der Waals surface area contributed by atoms with E-state index in [1.54, 1.807) is 4.90 Å². The molecule has 1 unspecified atom stereocenters. The second kappa shape index (κ2) is 5.03. The highest BCUT2D eigenvalue weighted by Crippen LogP contribution is 2.17. The molecule has 1 heterocycles. The van der Waals surface area contributed by atoms with E-state index in [4.69, 9.17) is 0 Å². The van der Waals surface area contributed by atoms with Gasteiger partial charge in [-0.15, -0.1) is 0 Å². The van der Waals surface area contributed by atoms with Crippen molar-refractivity contribution in [1.29, 1.82) is 0 Å². The summed E-state index contributed by atoms with van der Waals surface area (Å²) in [5.74, 6) is 0.301. The molecule has 1 aliphatic heterocycles. The summed E-state index contributed by atoms with van der Waals surface area (Å²) in [6, 6.07) is -0.257. The van der Waals surface area contributed by atoms with Crippen molar-refractivity contribution in [3.8, 4) is 0 Å². The fraction of sp³-hybridized carbons (Fsp3) is 0.900. The maximum Gasteiger partial charge on any atom is 0.317 e. The fourth-order valence-corrected chi connectivity index (χ4v) is 3.65. The number of nitrogens with zero attached hydrogens (tertiary/aromatic N) is 1. The molecule has 1 N–H and O–H groups in total. The first-order valence-electron chi connectivity index (χ1n) is 5.63. The Bertz CT molecular complexity index is 351. The summed E-state index contributed by atoms with van der Waals surface area (Å²) in [6.07, 6.45) is 0.557. The highest BCUT2D eigenvalue weighted by atomic mass is 32.2. The summed E-state index contributed by atoms with van der Waals surface area (Å²) in [5, 5.41) is 2.79. The number of carbonyl (C=O) groups is 1. The molecule has 1 saturated heterocycles. The minimum absolute atomic E-state index is 0.0690. The van der Waals surface area contributed by atoms with Gasteiger partial charge in [0.15, 0.2) is 9.84 Å². The Morgan fingerprint density at radius 1 is 1.50 bits per heavy atom. The number of hydrogen-bond donors (Lipinski definition) is 1. The first-order chi connectivity index (χ1) is 7.35. The van der Waals surface area contributed by atoms with Crippen molar-refractivity contribution >= 4 is 15.9 Å². The molecule has 1 aliphatic rings. The van der Waals surface area contributed by atoms with E-state index in [1.807, 2.05) is 20.8 Å². The minimum Gasteiger partial charge on any atom is -0.336 e. The zero-order valence-electron chi connectivity index (χ0n) is 10.1. The quantitative estimate of drug-likeness (QED) is 0.796. The molecular weight excluding hydrogens is 228 g/mol. The molecule has 1 rings (SSSR count). The monoisotopic (exact) mass is 248 g/mol. The van der Waals surface area contributed by atoms with Crippen molar-refractivity contribution in [3.63, 3.8) is 0 Å². The van der Waals surface area contributed by atoms with Gasteiger partial charge < -0.3 is 10.2 Å². The van der Waals surface area contributed by atoms with Gasteiger partial charge in [0.05, 0.1) is 11.5 Å². The third-order valence-electron chi connectivity index (χ3n) is 2.66. The third kappa shape index (κ3) is 3.37. The van der Waals surface area contributed by atoms with E-state index in [0.717, 1.165) is 0 Å². The number of carbonyl (C=O) groups excluding carboxylic acids is 1. The van der Waals surface area contributed by atoms with E-state index in [2.05, 4.69) is 5.32 Å². The van der Waals surface area contributed by atoms with E-state index in [-0.39, 0.29) is 29.6 Å². The first kappa shape index (κ1) is 13.3. The van der Waals surface area contributed by atoms with Crippen molar-refractivity contribution in [1.82, 2.24) is 10.2 Å². The van der Waals surface area contributed by atoms with Gasteiger partial charge in [0, 0.05) is 18.6 Å². The molecule has 5 nitrogen and oxygen atoms in total. The van der Waals surface area contributed by atoms with Crippen molar-refractivity contribution in [3.05, 3.63) is 0 Å². The lowest BCUT2D eigenvalue weighted by Gasteiger charge is -2.27. The van der Waals surface area contributed by atoms with Crippen LogP contribution < -0.4 is 5.32 Å². The number of urea groups is 1. The molecular formula is C10H20N2O3S. The Balaban J connectivity index is 2.65. The van der Waals surface area contributed by atoms with Crippen LogP contribution in [0.1, 0.15) is 27.2 Å². The average molecular weight is 248 g/mol. The number of hydrogen-bond acceptors (Lipinski definition) is 3. The molecule has 2 amide bonds. The van der Waals surface area contributed by atoms with Gasteiger partial charge in [-0.1, -0.05) is 0 Å². The summed E-state index contributed by atoms with van der Waals surface area (Å²) in [5.41, 5.74) is 0. The number of nitrogens with one attached hydrogen (secondary N) is 1. The molecule has 1 fully saturated rings. The zero-order valence-corrected chi connectivity index (χ0v) is 10.9. The summed E-state index contributed by atoms with van der Waals surface area (Å²) in [7, 11) is -2.93. The van der Waals surface area contributed by atoms with Gasteiger partial charge in [0.1, 0.15) is 0 Å². The molecule has 1 atom stereocenters. The van der Waals surface area contributed by atoms with E-state index < -0.39 is 9.84 Å². The summed E-state index contributed by atoms with van der Waals surface area (Å²) in [4.78, 5) is 13.4. The van der Waals surface area contributed by atoms with Crippen LogP contribution in [-0.4, -0.2) is 49.5 Å². The van der Waals surface area contributed by atoms with Crippen molar-refractivity contribution in [2.24, 2.45) is 0 Å². The number of amides is 2. The minimum atomic E-state index is -2.93. The van der Waals surface area contributed by atoms with Gasteiger partial charge in [-0.2, -0.15) is 0 Å². The standard InChI is InChI=1S/C10H20N2O3S/c1-4-12(10(13)11-8(2)3)9-5-6-16(14,15)7-9/h8-9H,4-7H2,1-3H3,(H,11,13). The molecule has 0 aromatic heterocycles. The van der Waals surface area contributed by atoms with E-state index in [0.29, 0.717) is 13.0 Å². The maximum absolute atomic E-state index is 11.8. The SMILES string of the molecule is CCN(C(=O)NC(C)C)C1CCS(=O)(=O)C1. The molecule has 0 aromatic carbocycles. The second-order valence-corrected chi connectivity index (χ2v) is 6.68. The van der Waals surface area contributed by atoms with Crippen molar-refractivity contribution in [2.45, 2.75) is 39.3 Å². The van der Waals surface area contributed by atoms with E-state index in [1.165, 1.54) is 0 Å². The Morgan fingerprint density at radius 2 is 2.12 bits per heavy atom. The Hall–Kier alpha value is -0.780. The first-order valence-corrected chi connectivity index (χ1v) is 7.45. The summed E-state index contributed by atoms with van der Waals surface area (Å²) < 4.78 is 22.7. The van der Waals surface area contributed by atoms with Crippen LogP contribution in [0.3, 0.4) is 0 Å². The predicted octanol–water partition coefficient (Wildman–Crippen LogP) is 0.613. The van der Waals surface area contributed by atoms with Crippen molar-refractivity contribution in [2.75, 3.05) is 18.1 Å². The summed E-state index contributed by atoms with van der Waals surface area (Å²) in [6.45, 7) is 6.18. The molecule has 0 bridgehead atoms.